The average molecular weight is 307 g/mol. The van der Waals surface area contributed by atoms with Gasteiger partial charge in [-0.05, 0) is 17.7 Å². The number of hydrogen-bond acceptors (Lipinski definition) is 3. The van der Waals surface area contributed by atoms with Crippen LogP contribution < -0.4 is 4.74 Å². The first-order valence-electron chi connectivity index (χ1n) is 7.65. The number of hydrogen-bond donors (Lipinski definition) is 1. The normalized spacial score (nSPS) is 16.1. The Labute approximate surface area is 133 Å². The minimum absolute atomic E-state index is 0.00782. The molecule has 0 unspecified atom stereocenters. The van der Waals surface area contributed by atoms with Crippen molar-refractivity contribution in [3.63, 3.8) is 0 Å². The maximum atomic E-state index is 12.7. The lowest BCUT2D eigenvalue weighted by atomic mass is 10.1. The number of ether oxygens (including phenoxy) is 1. The SMILES string of the molecule is CN(C[C@H]1Cc2ccccc2O1)C(=O)c1n[nH]c2ccccc12. The van der Waals surface area contributed by atoms with Crippen LogP contribution in [0.4, 0.5) is 0 Å². The van der Waals surface area contributed by atoms with Gasteiger partial charge in [-0.3, -0.25) is 9.89 Å². The Bertz CT molecular complexity index is 846. The number of fused-ring (bicyclic) bond motifs is 2. The second-order valence-electron chi connectivity index (χ2n) is 5.86. The van der Waals surface area contributed by atoms with E-state index in [0.717, 1.165) is 23.1 Å². The number of aromatic nitrogens is 2. The molecule has 2 aromatic carbocycles. The summed E-state index contributed by atoms with van der Waals surface area (Å²) in [6.45, 7) is 0.536. The number of nitrogens with zero attached hydrogens (tertiary/aromatic N) is 2. The highest BCUT2D eigenvalue weighted by atomic mass is 16.5. The van der Waals surface area contributed by atoms with Crippen molar-refractivity contribution in [3.8, 4) is 5.75 Å². The van der Waals surface area contributed by atoms with Crippen LogP contribution in [0.1, 0.15) is 16.1 Å². The highest BCUT2D eigenvalue weighted by molar-refractivity contribution is 6.04. The van der Waals surface area contributed by atoms with Gasteiger partial charge in [-0.15, -0.1) is 0 Å². The van der Waals surface area contributed by atoms with Crippen molar-refractivity contribution in [3.05, 3.63) is 59.8 Å². The van der Waals surface area contributed by atoms with Gasteiger partial charge >= 0.3 is 0 Å². The van der Waals surface area contributed by atoms with E-state index in [4.69, 9.17) is 4.74 Å². The van der Waals surface area contributed by atoms with Crippen LogP contribution in [-0.2, 0) is 6.42 Å². The van der Waals surface area contributed by atoms with E-state index in [2.05, 4.69) is 16.3 Å². The van der Waals surface area contributed by atoms with Gasteiger partial charge in [0.25, 0.3) is 5.91 Å². The zero-order chi connectivity index (χ0) is 15.8. The maximum Gasteiger partial charge on any atom is 0.274 e. The third-order valence-corrected chi connectivity index (χ3v) is 4.21. The Balaban J connectivity index is 1.49. The van der Waals surface area contributed by atoms with Crippen LogP contribution in [0.3, 0.4) is 0 Å². The Morgan fingerprint density at radius 1 is 1.26 bits per heavy atom. The summed E-state index contributed by atoms with van der Waals surface area (Å²) in [7, 11) is 1.79. The Kier molecular flexibility index (Phi) is 3.26. The maximum absolute atomic E-state index is 12.7. The first-order valence-corrected chi connectivity index (χ1v) is 7.65. The smallest absolute Gasteiger partial charge is 0.274 e. The van der Waals surface area contributed by atoms with Crippen LogP contribution in [0.2, 0.25) is 0 Å². The van der Waals surface area contributed by atoms with Gasteiger partial charge in [-0.1, -0.05) is 36.4 Å². The standard InChI is InChI=1S/C18H17N3O2/c1-21(11-13-10-12-6-2-5-9-16(12)23-13)18(22)17-14-7-3-4-8-15(14)19-20-17/h2-9,13H,10-11H2,1H3,(H,19,20)/t13-/m1/s1. The van der Waals surface area contributed by atoms with Crippen LogP contribution in [0.25, 0.3) is 10.9 Å². The second-order valence-corrected chi connectivity index (χ2v) is 5.86. The molecule has 1 aliphatic heterocycles. The van der Waals surface area contributed by atoms with E-state index in [1.54, 1.807) is 11.9 Å². The molecule has 0 bridgehead atoms. The van der Waals surface area contributed by atoms with Crippen molar-refractivity contribution >= 4 is 16.8 Å². The number of benzene rings is 2. The molecular weight excluding hydrogens is 290 g/mol. The van der Waals surface area contributed by atoms with Gasteiger partial charge in [-0.2, -0.15) is 5.10 Å². The number of amides is 1. The quantitative estimate of drug-likeness (QED) is 0.809. The lowest BCUT2D eigenvalue weighted by Crippen LogP contribution is -2.36. The second kappa shape index (κ2) is 5.43. The van der Waals surface area contributed by atoms with Crippen molar-refractivity contribution in [1.29, 1.82) is 0 Å². The molecule has 4 rings (SSSR count). The zero-order valence-electron chi connectivity index (χ0n) is 12.8. The molecule has 0 fully saturated rings. The van der Waals surface area contributed by atoms with Crippen molar-refractivity contribution in [1.82, 2.24) is 15.1 Å². The molecule has 5 nitrogen and oxygen atoms in total. The number of rotatable bonds is 3. The van der Waals surface area contributed by atoms with E-state index in [0.29, 0.717) is 12.2 Å². The zero-order valence-corrected chi connectivity index (χ0v) is 12.8. The highest BCUT2D eigenvalue weighted by Crippen LogP contribution is 2.28. The molecule has 0 saturated carbocycles. The molecule has 3 aromatic rings. The molecule has 0 radical (unpaired) electrons. The van der Waals surface area contributed by atoms with E-state index in [1.807, 2.05) is 42.5 Å². The van der Waals surface area contributed by atoms with Gasteiger partial charge < -0.3 is 9.64 Å². The summed E-state index contributed by atoms with van der Waals surface area (Å²) in [6, 6.07) is 15.7. The van der Waals surface area contributed by atoms with Crippen molar-refractivity contribution < 1.29 is 9.53 Å². The summed E-state index contributed by atoms with van der Waals surface area (Å²) in [5, 5.41) is 7.92. The number of likely N-dealkylation sites (N-methyl/N-ethyl adjacent to an activating group) is 1. The summed E-state index contributed by atoms with van der Waals surface area (Å²) >= 11 is 0. The van der Waals surface area contributed by atoms with Gasteiger partial charge in [0.2, 0.25) is 0 Å². The summed E-state index contributed by atoms with van der Waals surface area (Å²) < 4.78 is 5.91. The van der Waals surface area contributed by atoms with E-state index >= 15 is 0 Å². The van der Waals surface area contributed by atoms with Crippen LogP contribution in [0, 0.1) is 0 Å². The molecule has 0 spiro atoms. The van der Waals surface area contributed by atoms with Crippen molar-refractivity contribution in [2.24, 2.45) is 0 Å². The summed E-state index contributed by atoms with van der Waals surface area (Å²) in [4.78, 5) is 14.3. The third kappa shape index (κ3) is 2.44. The molecule has 1 aliphatic rings. The van der Waals surface area contributed by atoms with E-state index in [-0.39, 0.29) is 12.0 Å². The molecule has 1 atom stereocenters. The van der Waals surface area contributed by atoms with Gasteiger partial charge in [0.05, 0.1) is 12.1 Å². The first-order chi connectivity index (χ1) is 11.2. The number of carbonyl (C=O) groups is 1. The van der Waals surface area contributed by atoms with Crippen molar-refractivity contribution in [2.75, 3.05) is 13.6 Å². The third-order valence-electron chi connectivity index (χ3n) is 4.21. The Morgan fingerprint density at radius 2 is 2.04 bits per heavy atom. The number of H-pyrrole nitrogens is 1. The topological polar surface area (TPSA) is 58.2 Å². The minimum Gasteiger partial charge on any atom is -0.488 e. The largest absolute Gasteiger partial charge is 0.488 e. The van der Waals surface area contributed by atoms with E-state index in [1.165, 1.54) is 5.56 Å². The Hall–Kier alpha value is -2.82. The molecule has 1 amide bonds. The van der Waals surface area contributed by atoms with Crippen LogP contribution in [-0.4, -0.2) is 40.7 Å². The Morgan fingerprint density at radius 3 is 2.91 bits per heavy atom. The lowest BCUT2D eigenvalue weighted by molar-refractivity contribution is 0.0726. The van der Waals surface area contributed by atoms with Gasteiger partial charge in [-0.25, -0.2) is 0 Å². The molecule has 23 heavy (non-hydrogen) atoms. The highest BCUT2D eigenvalue weighted by Gasteiger charge is 2.26. The van der Waals surface area contributed by atoms with Crippen LogP contribution in [0.5, 0.6) is 5.75 Å². The molecular formula is C18H17N3O2. The molecule has 0 saturated heterocycles. The number of nitrogens with one attached hydrogen (secondary N) is 1. The monoisotopic (exact) mass is 307 g/mol. The molecule has 1 N–H and O–H groups in total. The molecule has 1 aromatic heterocycles. The summed E-state index contributed by atoms with van der Waals surface area (Å²) in [5.41, 5.74) is 2.52. The van der Waals surface area contributed by atoms with E-state index < -0.39 is 0 Å². The predicted octanol–water partition coefficient (Wildman–Crippen LogP) is 2.64. The molecule has 116 valence electrons. The fourth-order valence-corrected chi connectivity index (χ4v) is 3.05. The summed E-state index contributed by atoms with van der Waals surface area (Å²) in [6.07, 6.45) is 0.821. The fourth-order valence-electron chi connectivity index (χ4n) is 3.05. The molecule has 0 aliphatic carbocycles. The number of aromatic amines is 1. The van der Waals surface area contributed by atoms with Gasteiger partial charge in [0.15, 0.2) is 5.69 Å². The summed E-state index contributed by atoms with van der Waals surface area (Å²) in [5.74, 6) is 0.825. The predicted molar refractivity (Wildman–Crippen MR) is 87.6 cm³/mol. The van der Waals surface area contributed by atoms with Crippen LogP contribution in [0.15, 0.2) is 48.5 Å². The molecule has 5 heteroatoms. The van der Waals surface area contributed by atoms with E-state index in [9.17, 15) is 4.79 Å². The first kappa shape index (κ1) is 13.8. The number of para-hydroxylation sites is 2. The van der Waals surface area contributed by atoms with Gasteiger partial charge in [0.1, 0.15) is 11.9 Å². The van der Waals surface area contributed by atoms with Gasteiger partial charge in [0, 0.05) is 18.9 Å². The van der Waals surface area contributed by atoms with Crippen LogP contribution >= 0.6 is 0 Å². The lowest BCUT2D eigenvalue weighted by Gasteiger charge is -2.20. The van der Waals surface area contributed by atoms with Crippen molar-refractivity contribution in [2.45, 2.75) is 12.5 Å². The fraction of sp³-hybridized carbons (Fsp3) is 0.222. The average Bonchev–Trinajstić information content (AvgIpc) is 3.17. The minimum atomic E-state index is -0.0954. The number of carbonyl (C=O) groups excluding carboxylic acids is 1. The molecule has 2 heterocycles.